The average molecular weight is 441 g/mol. The Morgan fingerprint density at radius 3 is 2.81 bits per heavy atom. The minimum atomic E-state index is -2.80. The Balaban J connectivity index is 1.72. The Morgan fingerprint density at radius 2 is 2.13 bits per heavy atom. The van der Waals surface area contributed by atoms with Gasteiger partial charge in [0.1, 0.15) is 11.5 Å². The van der Waals surface area contributed by atoms with Gasteiger partial charge in [0.25, 0.3) is 0 Å². The maximum Gasteiger partial charge on any atom is 0.162 e. The van der Waals surface area contributed by atoms with Crippen molar-refractivity contribution in [3.63, 3.8) is 0 Å². The van der Waals surface area contributed by atoms with E-state index in [0.717, 1.165) is 48.3 Å². The number of rotatable bonds is 5. The van der Waals surface area contributed by atoms with E-state index in [-0.39, 0.29) is 6.04 Å². The highest BCUT2D eigenvalue weighted by atomic mass is 32.2. The molecule has 0 bridgehead atoms. The van der Waals surface area contributed by atoms with E-state index in [1.807, 2.05) is 18.3 Å². The predicted molar refractivity (Wildman–Crippen MR) is 122 cm³/mol. The minimum absolute atomic E-state index is 0.181. The molecule has 164 valence electrons. The van der Waals surface area contributed by atoms with E-state index < -0.39 is 14.5 Å². The third-order valence-corrected chi connectivity index (χ3v) is 8.64. The molecule has 1 N–H and O–H groups in total. The number of aromatic nitrogens is 4. The van der Waals surface area contributed by atoms with Crippen LogP contribution in [0.3, 0.4) is 0 Å². The van der Waals surface area contributed by atoms with Crippen LogP contribution >= 0.6 is 0 Å². The molecule has 9 heteroatoms. The Kier molecular flexibility index (Phi) is 4.78. The number of anilines is 1. The minimum Gasteiger partial charge on any atom is -0.377 e. The molecule has 0 amide bonds. The number of fused-ring (bicyclic) bond motifs is 1. The molecular formula is C22H28N6O2S. The van der Waals surface area contributed by atoms with Gasteiger partial charge in [-0.1, -0.05) is 0 Å². The Bertz CT molecular complexity index is 1250. The SMILES string of the molecule is CCn1ccc2c(-c3nc(N4CCOC[C@H]4C)cc(C4([S@](C)(=N)=O)CC4)n3)ccnc21. The summed E-state index contributed by atoms with van der Waals surface area (Å²) in [5, 5.41) is 0.996. The molecule has 5 rings (SSSR count). The van der Waals surface area contributed by atoms with Gasteiger partial charge in [0.15, 0.2) is 5.82 Å². The van der Waals surface area contributed by atoms with Crippen molar-refractivity contribution < 1.29 is 8.95 Å². The molecule has 0 radical (unpaired) electrons. The van der Waals surface area contributed by atoms with Gasteiger partial charge in [-0.3, -0.25) is 4.78 Å². The number of ether oxygens (including phenoxy) is 1. The molecular weight excluding hydrogens is 412 g/mol. The van der Waals surface area contributed by atoms with E-state index in [9.17, 15) is 4.21 Å². The van der Waals surface area contributed by atoms with Crippen molar-refractivity contribution in [2.45, 2.75) is 44.0 Å². The van der Waals surface area contributed by atoms with Crippen LogP contribution in [0.1, 0.15) is 32.4 Å². The van der Waals surface area contributed by atoms with Crippen LogP contribution in [0, 0.1) is 4.78 Å². The fraction of sp³-hybridized carbons (Fsp3) is 0.500. The van der Waals surface area contributed by atoms with Gasteiger partial charge in [-0.15, -0.1) is 0 Å². The lowest BCUT2D eigenvalue weighted by molar-refractivity contribution is 0.0985. The van der Waals surface area contributed by atoms with Crippen molar-refractivity contribution in [2.24, 2.45) is 0 Å². The predicted octanol–water partition coefficient (Wildman–Crippen LogP) is 3.40. The molecule has 1 aliphatic carbocycles. The summed E-state index contributed by atoms with van der Waals surface area (Å²) in [7, 11) is -2.80. The molecule has 0 unspecified atom stereocenters. The number of morpholine rings is 1. The molecule has 3 aromatic heterocycles. The highest BCUT2D eigenvalue weighted by Crippen LogP contribution is 2.52. The maximum atomic E-state index is 12.9. The van der Waals surface area contributed by atoms with Crippen molar-refractivity contribution in [3.05, 3.63) is 36.3 Å². The monoisotopic (exact) mass is 440 g/mol. The Hall–Kier alpha value is -2.52. The van der Waals surface area contributed by atoms with E-state index in [1.165, 1.54) is 6.26 Å². The topological polar surface area (TPSA) is 97.0 Å². The second-order valence-corrected chi connectivity index (χ2v) is 11.1. The van der Waals surface area contributed by atoms with Gasteiger partial charge < -0.3 is 14.2 Å². The second kappa shape index (κ2) is 7.27. The van der Waals surface area contributed by atoms with Gasteiger partial charge >= 0.3 is 0 Å². The quantitative estimate of drug-likeness (QED) is 0.653. The first-order valence-electron chi connectivity index (χ1n) is 10.8. The van der Waals surface area contributed by atoms with Crippen LogP contribution in [0.4, 0.5) is 5.82 Å². The van der Waals surface area contributed by atoms with Crippen molar-refractivity contribution in [2.75, 3.05) is 30.9 Å². The summed E-state index contributed by atoms with van der Waals surface area (Å²) in [6.07, 6.45) is 6.79. The fourth-order valence-electron chi connectivity index (χ4n) is 4.50. The standard InChI is InChI=1S/C22H28N6O2S/c1-4-27-10-6-17-16(5-9-24-21(17)27)20-25-18(22(7-8-22)31(3,23)29)13-19(26-20)28-11-12-30-14-15(28)2/h5-6,9-10,13,15,23H,4,7-8,11-12,14H2,1-3H3/t15-,31-/m1/s1. The maximum absolute atomic E-state index is 12.9. The van der Waals surface area contributed by atoms with Crippen LogP contribution in [0.2, 0.25) is 0 Å². The van der Waals surface area contributed by atoms with Crippen LogP contribution in [-0.2, 0) is 25.8 Å². The smallest absolute Gasteiger partial charge is 0.162 e. The number of pyridine rings is 1. The van der Waals surface area contributed by atoms with E-state index in [2.05, 4.69) is 34.4 Å². The molecule has 3 aromatic rings. The van der Waals surface area contributed by atoms with E-state index in [4.69, 9.17) is 19.5 Å². The summed E-state index contributed by atoms with van der Waals surface area (Å²) in [4.78, 5) is 16.6. The molecule has 1 saturated carbocycles. The number of aryl methyl sites for hydroxylation is 1. The van der Waals surface area contributed by atoms with Gasteiger partial charge in [0, 0.05) is 48.8 Å². The zero-order valence-corrected chi connectivity index (χ0v) is 19.0. The van der Waals surface area contributed by atoms with Gasteiger partial charge in [0.05, 0.1) is 39.4 Å². The molecule has 1 aliphatic heterocycles. The summed E-state index contributed by atoms with van der Waals surface area (Å²) < 4.78 is 28.3. The first kappa shape index (κ1) is 20.4. The first-order chi connectivity index (χ1) is 14.8. The summed E-state index contributed by atoms with van der Waals surface area (Å²) >= 11 is 0. The molecule has 31 heavy (non-hydrogen) atoms. The summed E-state index contributed by atoms with van der Waals surface area (Å²) in [5.41, 5.74) is 2.52. The highest BCUT2D eigenvalue weighted by molar-refractivity contribution is 7.92. The number of nitrogens with zero attached hydrogens (tertiary/aromatic N) is 5. The third kappa shape index (κ3) is 3.30. The molecule has 2 fully saturated rings. The summed E-state index contributed by atoms with van der Waals surface area (Å²) in [6, 6.07) is 6.12. The normalized spacial score (nSPS) is 22.4. The number of hydrogen-bond donors (Lipinski definition) is 1. The molecule has 0 aromatic carbocycles. The summed E-state index contributed by atoms with van der Waals surface area (Å²) in [5.74, 6) is 1.41. The Morgan fingerprint density at radius 1 is 1.32 bits per heavy atom. The first-order valence-corrected chi connectivity index (χ1v) is 12.7. The largest absolute Gasteiger partial charge is 0.377 e. The molecule has 8 nitrogen and oxygen atoms in total. The summed E-state index contributed by atoms with van der Waals surface area (Å²) in [6.45, 7) is 7.06. The van der Waals surface area contributed by atoms with Crippen LogP contribution in [0.15, 0.2) is 30.6 Å². The van der Waals surface area contributed by atoms with Crippen LogP contribution in [0.25, 0.3) is 22.4 Å². The molecule has 0 spiro atoms. The third-order valence-electron chi connectivity index (χ3n) is 6.53. The Labute approximate surface area is 182 Å². The highest BCUT2D eigenvalue weighted by Gasteiger charge is 2.53. The lowest BCUT2D eigenvalue weighted by atomic mass is 10.1. The molecule has 2 atom stereocenters. The average Bonchev–Trinajstić information content (AvgIpc) is 3.48. The fourth-order valence-corrected chi connectivity index (χ4v) is 5.89. The van der Waals surface area contributed by atoms with Crippen LogP contribution in [-0.4, -0.2) is 55.8 Å². The lowest BCUT2D eigenvalue weighted by Gasteiger charge is -2.35. The van der Waals surface area contributed by atoms with Gasteiger partial charge in [0.2, 0.25) is 0 Å². The zero-order valence-electron chi connectivity index (χ0n) is 18.2. The second-order valence-electron chi connectivity index (χ2n) is 8.59. The number of nitrogens with one attached hydrogen (secondary N) is 1. The van der Waals surface area contributed by atoms with E-state index >= 15 is 0 Å². The zero-order chi connectivity index (χ0) is 21.8. The molecule has 4 heterocycles. The van der Waals surface area contributed by atoms with E-state index in [1.54, 1.807) is 6.20 Å². The van der Waals surface area contributed by atoms with E-state index in [0.29, 0.717) is 24.7 Å². The van der Waals surface area contributed by atoms with Gasteiger partial charge in [-0.05, 0) is 38.8 Å². The number of hydrogen-bond acceptors (Lipinski definition) is 7. The van der Waals surface area contributed by atoms with Crippen molar-refractivity contribution in [1.82, 2.24) is 19.5 Å². The van der Waals surface area contributed by atoms with Crippen molar-refractivity contribution in [3.8, 4) is 11.4 Å². The van der Waals surface area contributed by atoms with Gasteiger partial charge in [-0.2, -0.15) is 0 Å². The van der Waals surface area contributed by atoms with Gasteiger partial charge in [-0.25, -0.2) is 19.2 Å². The lowest BCUT2D eigenvalue weighted by Crippen LogP contribution is -2.44. The van der Waals surface area contributed by atoms with Crippen molar-refractivity contribution in [1.29, 1.82) is 4.78 Å². The van der Waals surface area contributed by atoms with Crippen LogP contribution in [0.5, 0.6) is 0 Å². The van der Waals surface area contributed by atoms with Crippen LogP contribution < -0.4 is 4.90 Å². The molecule has 2 aliphatic rings. The molecule has 1 saturated heterocycles. The van der Waals surface area contributed by atoms with Crippen molar-refractivity contribution >= 4 is 26.6 Å².